The van der Waals surface area contributed by atoms with Gasteiger partial charge in [-0.15, -0.1) is 0 Å². The van der Waals surface area contributed by atoms with Crippen LogP contribution in [0, 0.1) is 5.92 Å². The first-order valence-corrected chi connectivity index (χ1v) is 11.1. The van der Waals surface area contributed by atoms with Crippen molar-refractivity contribution in [1.82, 2.24) is 20.2 Å². The third-order valence-corrected chi connectivity index (χ3v) is 5.48. The third-order valence-electron chi connectivity index (χ3n) is 4.44. The van der Waals surface area contributed by atoms with Gasteiger partial charge in [-0.2, -0.15) is 0 Å². The van der Waals surface area contributed by atoms with Crippen molar-refractivity contribution in [3.8, 4) is 0 Å². The van der Waals surface area contributed by atoms with Crippen molar-refractivity contribution in [3.63, 3.8) is 0 Å². The van der Waals surface area contributed by atoms with Crippen molar-refractivity contribution in [2.75, 3.05) is 36.8 Å². The molecule has 1 aromatic heterocycles. The Bertz CT molecular complexity index is 688. The number of hydrogen-bond acceptors (Lipinski definition) is 6. The van der Waals surface area contributed by atoms with Gasteiger partial charge in [0.15, 0.2) is 5.16 Å². The van der Waals surface area contributed by atoms with Crippen molar-refractivity contribution in [3.05, 3.63) is 11.2 Å². The van der Waals surface area contributed by atoms with Crippen LogP contribution in [0.25, 0.3) is 0 Å². The van der Waals surface area contributed by atoms with Gasteiger partial charge in [0, 0.05) is 44.7 Å². The fourth-order valence-electron chi connectivity index (χ4n) is 3.00. The second-order valence-corrected chi connectivity index (χ2v) is 8.78. The van der Waals surface area contributed by atoms with Crippen LogP contribution in [-0.2, 0) is 9.59 Å². The van der Waals surface area contributed by atoms with Crippen LogP contribution in [0.5, 0.6) is 0 Å². The van der Waals surface area contributed by atoms with E-state index in [9.17, 15) is 9.59 Å². The van der Waals surface area contributed by atoms with E-state index in [1.54, 1.807) is 6.07 Å². The summed E-state index contributed by atoms with van der Waals surface area (Å²) in [5, 5.41) is 3.72. The molecule has 0 spiro atoms. The van der Waals surface area contributed by atoms with Gasteiger partial charge < -0.3 is 15.1 Å². The molecule has 28 heavy (non-hydrogen) atoms. The Labute approximate surface area is 176 Å². The summed E-state index contributed by atoms with van der Waals surface area (Å²) in [6.07, 6.45) is 1.45. The van der Waals surface area contributed by atoms with Crippen molar-refractivity contribution in [1.29, 1.82) is 0 Å². The second kappa shape index (κ2) is 10.9. The molecule has 1 aromatic rings. The zero-order chi connectivity index (χ0) is 20.7. The van der Waals surface area contributed by atoms with Crippen LogP contribution in [0.15, 0.2) is 11.2 Å². The summed E-state index contributed by atoms with van der Waals surface area (Å²) in [7, 11) is 0. The summed E-state index contributed by atoms with van der Waals surface area (Å²) in [5.74, 6) is 1.56. The van der Waals surface area contributed by atoms with Gasteiger partial charge in [0.2, 0.25) is 11.8 Å². The number of rotatable bonds is 8. The van der Waals surface area contributed by atoms with Gasteiger partial charge in [0.1, 0.15) is 11.0 Å². The summed E-state index contributed by atoms with van der Waals surface area (Å²) < 4.78 is 0. The van der Waals surface area contributed by atoms with E-state index in [0.29, 0.717) is 48.8 Å². The standard InChI is InChI=1S/C19H30ClN5O2S/c1-5-6-18(27)25-8-7-24(11-14(25)4)16-9-15(20)22-19(23-16)28-12-17(26)21-10-13(2)3/h9,13-14H,5-8,10-12H2,1-4H3,(H,21,26)/t14-/m0/s1. The molecule has 0 radical (unpaired) electrons. The Hall–Kier alpha value is -1.54. The highest BCUT2D eigenvalue weighted by atomic mass is 35.5. The van der Waals surface area contributed by atoms with Gasteiger partial charge in [-0.25, -0.2) is 9.97 Å². The van der Waals surface area contributed by atoms with Crippen molar-refractivity contribution in [2.45, 2.75) is 51.7 Å². The summed E-state index contributed by atoms with van der Waals surface area (Å²) in [6.45, 7) is 10.9. The molecule has 2 amide bonds. The van der Waals surface area contributed by atoms with E-state index in [1.807, 2.05) is 11.8 Å². The van der Waals surface area contributed by atoms with Gasteiger partial charge in [0.25, 0.3) is 0 Å². The van der Waals surface area contributed by atoms with Gasteiger partial charge >= 0.3 is 0 Å². The Morgan fingerprint density at radius 3 is 2.75 bits per heavy atom. The van der Waals surface area contributed by atoms with Crippen LogP contribution in [0.3, 0.4) is 0 Å². The molecule has 0 aromatic carbocycles. The minimum atomic E-state index is -0.0412. The predicted octanol–water partition coefficient (Wildman–Crippen LogP) is 2.83. The number of piperazine rings is 1. The number of amides is 2. The Morgan fingerprint density at radius 2 is 2.11 bits per heavy atom. The van der Waals surface area contributed by atoms with Crippen LogP contribution < -0.4 is 10.2 Å². The summed E-state index contributed by atoms with van der Waals surface area (Å²) in [4.78, 5) is 37.0. The average Bonchev–Trinajstić information content (AvgIpc) is 2.64. The molecule has 156 valence electrons. The largest absolute Gasteiger partial charge is 0.355 e. The molecule has 2 rings (SSSR count). The highest BCUT2D eigenvalue weighted by molar-refractivity contribution is 7.99. The fraction of sp³-hybridized carbons (Fsp3) is 0.684. The van der Waals surface area contributed by atoms with Crippen LogP contribution >= 0.6 is 23.4 Å². The van der Waals surface area contributed by atoms with E-state index in [2.05, 4.69) is 41.0 Å². The van der Waals surface area contributed by atoms with E-state index in [0.717, 1.165) is 12.2 Å². The maximum absolute atomic E-state index is 12.2. The van der Waals surface area contributed by atoms with Gasteiger partial charge in [-0.1, -0.05) is 44.1 Å². The third kappa shape index (κ3) is 6.81. The molecule has 1 fully saturated rings. The highest BCUT2D eigenvalue weighted by Gasteiger charge is 2.28. The Kier molecular flexibility index (Phi) is 8.82. The number of aromatic nitrogens is 2. The number of nitrogens with zero attached hydrogens (tertiary/aromatic N) is 4. The first-order chi connectivity index (χ1) is 13.3. The number of carbonyl (C=O) groups excluding carboxylic acids is 2. The van der Waals surface area contributed by atoms with E-state index >= 15 is 0 Å². The molecule has 0 unspecified atom stereocenters. The summed E-state index contributed by atoms with van der Waals surface area (Å²) in [5.41, 5.74) is 0. The summed E-state index contributed by atoms with van der Waals surface area (Å²) >= 11 is 7.46. The van der Waals surface area contributed by atoms with E-state index in [-0.39, 0.29) is 23.6 Å². The molecular weight excluding hydrogens is 398 g/mol. The zero-order valence-corrected chi connectivity index (χ0v) is 18.6. The van der Waals surface area contributed by atoms with Crippen molar-refractivity contribution >= 4 is 41.0 Å². The molecular formula is C19H30ClN5O2S. The monoisotopic (exact) mass is 427 g/mol. The minimum absolute atomic E-state index is 0.0412. The Balaban J connectivity index is 1.97. The molecule has 7 nitrogen and oxygen atoms in total. The first-order valence-electron chi connectivity index (χ1n) is 9.78. The predicted molar refractivity (Wildman–Crippen MR) is 114 cm³/mol. The molecule has 0 saturated carbocycles. The molecule has 9 heteroatoms. The van der Waals surface area contributed by atoms with Crippen LogP contribution in [0.2, 0.25) is 5.15 Å². The maximum atomic E-state index is 12.2. The van der Waals surface area contributed by atoms with Crippen molar-refractivity contribution in [2.24, 2.45) is 5.92 Å². The van der Waals surface area contributed by atoms with Crippen LogP contribution in [0.4, 0.5) is 5.82 Å². The second-order valence-electron chi connectivity index (χ2n) is 7.45. The molecule has 2 heterocycles. The molecule has 1 atom stereocenters. The van der Waals surface area contributed by atoms with Gasteiger partial charge in [-0.05, 0) is 19.3 Å². The lowest BCUT2D eigenvalue weighted by Crippen LogP contribution is -2.54. The normalized spacial score (nSPS) is 17.1. The highest BCUT2D eigenvalue weighted by Crippen LogP contribution is 2.24. The molecule has 0 bridgehead atoms. The van der Waals surface area contributed by atoms with E-state index < -0.39 is 0 Å². The van der Waals surface area contributed by atoms with Crippen LogP contribution in [0.1, 0.15) is 40.5 Å². The minimum Gasteiger partial charge on any atom is -0.355 e. The smallest absolute Gasteiger partial charge is 0.230 e. The lowest BCUT2D eigenvalue weighted by Gasteiger charge is -2.40. The molecule has 1 saturated heterocycles. The zero-order valence-electron chi connectivity index (χ0n) is 17.1. The van der Waals surface area contributed by atoms with Crippen molar-refractivity contribution < 1.29 is 9.59 Å². The van der Waals surface area contributed by atoms with Gasteiger partial charge in [0.05, 0.1) is 5.75 Å². The summed E-state index contributed by atoms with van der Waals surface area (Å²) in [6, 6.07) is 1.85. The Morgan fingerprint density at radius 1 is 1.36 bits per heavy atom. The quantitative estimate of drug-likeness (QED) is 0.390. The number of halogens is 1. The van der Waals surface area contributed by atoms with Gasteiger partial charge in [-0.3, -0.25) is 9.59 Å². The average molecular weight is 428 g/mol. The molecule has 0 aliphatic carbocycles. The molecule has 1 N–H and O–H groups in total. The van der Waals surface area contributed by atoms with E-state index in [1.165, 1.54) is 11.8 Å². The lowest BCUT2D eigenvalue weighted by atomic mass is 10.1. The maximum Gasteiger partial charge on any atom is 0.230 e. The van der Waals surface area contributed by atoms with E-state index in [4.69, 9.17) is 11.6 Å². The molecule has 1 aliphatic heterocycles. The number of carbonyl (C=O) groups is 2. The lowest BCUT2D eigenvalue weighted by molar-refractivity contribution is -0.133. The number of thioether (sulfide) groups is 1. The number of anilines is 1. The fourth-order valence-corrected chi connectivity index (χ4v) is 3.92. The first kappa shape index (κ1) is 22.7. The SMILES string of the molecule is CCCC(=O)N1CCN(c2cc(Cl)nc(SCC(=O)NCC(C)C)n2)C[C@@H]1C. The molecule has 1 aliphatic rings. The topological polar surface area (TPSA) is 78.4 Å². The van der Waals surface area contributed by atoms with Crippen LogP contribution in [-0.4, -0.2) is 64.7 Å². The number of hydrogen-bond donors (Lipinski definition) is 1. The number of nitrogens with one attached hydrogen (secondary N) is 1.